The molecule has 0 aromatic heterocycles. The van der Waals surface area contributed by atoms with Gasteiger partial charge >= 0.3 is 0 Å². The topological polar surface area (TPSA) is 70.6 Å². The summed E-state index contributed by atoms with van der Waals surface area (Å²) in [4.78, 5) is 4.71. The Bertz CT molecular complexity index is 957. The molecule has 152 valence electrons. The number of sulfone groups is 1. The van der Waals surface area contributed by atoms with E-state index in [9.17, 15) is 8.42 Å². The van der Waals surface area contributed by atoms with Gasteiger partial charge in [0.2, 0.25) is 0 Å². The van der Waals surface area contributed by atoms with Gasteiger partial charge in [-0.05, 0) is 54.5 Å². The molecule has 2 N–H and O–H groups in total. The van der Waals surface area contributed by atoms with Crippen LogP contribution in [0.15, 0.2) is 47.5 Å². The fraction of sp³-hybridized carbons (Fsp3) is 0.476. The van der Waals surface area contributed by atoms with Crippen molar-refractivity contribution < 1.29 is 8.42 Å². The summed E-state index contributed by atoms with van der Waals surface area (Å²) in [6.07, 6.45) is 3.06. The molecule has 0 spiro atoms. The lowest BCUT2D eigenvalue weighted by Crippen LogP contribution is -2.40. The van der Waals surface area contributed by atoms with E-state index < -0.39 is 9.84 Å². The molecule has 2 aromatic carbocycles. The summed E-state index contributed by atoms with van der Waals surface area (Å²) in [5, 5.41) is 9.43. The Morgan fingerprint density at radius 3 is 2.57 bits per heavy atom. The van der Waals surface area contributed by atoms with Crippen LogP contribution >= 0.6 is 24.0 Å². The first-order valence-electron chi connectivity index (χ1n) is 9.75. The minimum Gasteiger partial charge on any atom is -0.354 e. The number of rotatable bonds is 5. The molecule has 2 fully saturated rings. The number of guanidine groups is 1. The summed E-state index contributed by atoms with van der Waals surface area (Å²) < 4.78 is 23.3. The monoisotopic (exact) mass is 513 g/mol. The quantitative estimate of drug-likeness (QED) is 0.364. The van der Waals surface area contributed by atoms with E-state index in [0.717, 1.165) is 12.4 Å². The molecule has 0 bridgehead atoms. The molecule has 2 aromatic rings. The second kappa shape index (κ2) is 8.98. The second-order valence-corrected chi connectivity index (χ2v) is 10.1. The summed E-state index contributed by atoms with van der Waals surface area (Å²) in [6, 6.07) is 15.5. The lowest BCUT2D eigenvalue weighted by atomic mass is 10.0. The van der Waals surface area contributed by atoms with Gasteiger partial charge in [-0.3, -0.25) is 4.99 Å². The Labute approximate surface area is 184 Å². The van der Waals surface area contributed by atoms with Gasteiger partial charge in [0.25, 0.3) is 0 Å². The van der Waals surface area contributed by atoms with Crippen LogP contribution in [0.5, 0.6) is 0 Å². The number of halogens is 1. The molecular formula is C21H28IN3O2S. The van der Waals surface area contributed by atoms with Crippen molar-refractivity contribution in [1.29, 1.82) is 0 Å². The number of fused-ring (bicyclic) bond motifs is 1. The first kappa shape index (κ1) is 21.4. The predicted molar refractivity (Wildman–Crippen MR) is 126 cm³/mol. The number of benzene rings is 2. The van der Waals surface area contributed by atoms with Crippen LogP contribution in [-0.2, 0) is 9.84 Å². The van der Waals surface area contributed by atoms with E-state index in [0.29, 0.717) is 18.3 Å². The van der Waals surface area contributed by atoms with Crippen LogP contribution in [0.2, 0.25) is 0 Å². The summed E-state index contributed by atoms with van der Waals surface area (Å²) in [5.41, 5.74) is 1.21. The number of nitrogens with one attached hydrogen (secondary N) is 2. The van der Waals surface area contributed by atoms with Gasteiger partial charge in [-0.25, -0.2) is 8.42 Å². The lowest BCUT2D eigenvalue weighted by molar-refractivity contribution is 0.587. The van der Waals surface area contributed by atoms with Crippen LogP contribution in [0.3, 0.4) is 0 Å². The van der Waals surface area contributed by atoms with Crippen LogP contribution in [0.1, 0.15) is 37.8 Å². The van der Waals surface area contributed by atoms with E-state index in [2.05, 4.69) is 60.0 Å². The summed E-state index contributed by atoms with van der Waals surface area (Å²) in [7, 11) is -2.85. The summed E-state index contributed by atoms with van der Waals surface area (Å²) in [5.74, 6) is 1.51. The Hall–Kier alpha value is -1.35. The molecule has 4 rings (SSSR count). The van der Waals surface area contributed by atoms with Crippen LogP contribution in [0.4, 0.5) is 0 Å². The van der Waals surface area contributed by atoms with Crippen molar-refractivity contribution in [3.8, 4) is 0 Å². The molecular weight excluding hydrogens is 485 g/mol. The van der Waals surface area contributed by atoms with Gasteiger partial charge in [-0.1, -0.05) is 36.4 Å². The second-order valence-electron chi connectivity index (χ2n) is 7.85. The number of hydrogen-bond donors (Lipinski definition) is 2. The van der Waals surface area contributed by atoms with Crippen LogP contribution in [-0.4, -0.2) is 38.5 Å². The van der Waals surface area contributed by atoms with E-state index in [1.54, 1.807) is 0 Å². The summed E-state index contributed by atoms with van der Waals surface area (Å²) >= 11 is 0. The van der Waals surface area contributed by atoms with E-state index in [4.69, 9.17) is 4.99 Å². The fourth-order valence-corrected chi connectivity index (χ4v) is 5.41. The molecule has 5 nitrogen and oxygen atoms in total. The van der Waals surface area contributed by atoms with Crippen molar-refractivity contribution in [3.63, 3.8) is 0 Å². The zero-order valence-corrected chi connectivity index (χ0v) is 19.2. The molecule has 1 aliphatic carbocycles. The lowest BCUT2D eigenvalue weighted by Gasteiger charge is -2.19. The molecule has 0 radical (unpaired) electrons. The first-order chi connectivity index (χ1) is 13.0. The van der Waals surface area contributed by atoms with E-state index >= 15 is 0 Å². The average Bonchev–Trinajstić information content (AvgIpc) is 3.40. The molecule has 1 heterocycles. The maximum Gasteiger partial charge on any atom is 0.191 e. The Morgan fingerprint density at radius 1 is 1.14 bits per heavy atom. The molecule has 7 heteroatoms. The third kappa shape index (κ3) is 5.59. The predicted octanol–water partition coefficient (Wildman–Crippen LogP) is 3.65. The maximum absolute atomic E-state index is 11.7. The van der Waals surface area contributed by atoms with E-state index in [1.807, 2.05) is 0 Å². The normalized spacial score (nSPS) is 22.5. The first-order valence-corrected chi connectivity index (χ1v) is 11.6. The van der Waals surface area contributed by atoms with Crippen molar-refractivity contribution in [3.05, 3.63) is 48.0 Å². The minimum absolute atomic E-state index is 0. The summed E-state index contributed by atoms with van der Waals surface area (Å²) in [6.45, 7) is 2.69. The standard InChI is InChI=1S/C21H27N3O2S.HI/c1-15(18-7-6-17-4-2-3-5-19(17)12-18)23-21(24-20-8-9-20)22-13-16-10-11-27(25,26)14-16;/h2-7,12,15-16,20H,8-11,13-14H2,1H3,(H2,22,23,24);1H. The molecule has 2 atom stereocenters. The highest BCUT2D eigenvalue weighted by Gasteiger charge is 2.28. The highest BCUT2D eigenvalue weighted by atomic mass is 127. The molecule has 28 heavy (non-hydrogen) atoms. The number of nitrogens with zero attached hydrogens (tertiary/aromatic N) is 1. The van der Waals surface area contributed by atoms with Gasteiger partial charge in [0.15, 0.2) is 15.8 Å². The third-order valence-corrected chi connectivity index (χ3v) is 7.22. The van der Waals surface area contributed by atoms with Crippen molar-refractivity contribution in [2.24, 2.45) is 10.9 Å². The Balaban J connectivity index is 0.00000225. The largest absolute Gasteiger partial charge is 0.354 e. The van der Waals surface area contributed by atoms with Crippen molar-refractivity contribution in [1.82, 2.24) is 10.6 Å². The van der Waals surface area contributed by atoms with Gasteiger partial charge < -0.3 is 10.6 Å². The Kier molecular flexibility index (Phi) is 6.85. The zero-order chi connectivity index (χ0) is 18.9. The molecule has 1 aliphatic heterocycles. The fourth-order valence-electron chi connectivity index (χ4n) is 3.56. The Morgan fingerprint density at radius 2 is 1.89 bits per heavy atom. The van der Waals surface area contributed by atoms with Crippen LogP contribution in [0, 0.1) is 5.92 Å². The van der Waals surface area contributed by atoms with Gasteiger partial charge in [-0.15, -0.1) is 24.0 Å². The van der Waals surface area contributed by atoms with Gasteiger partial charge in [0.05, 0.1) is 17.5 Å². The molecule has 2 aliphatic rings. The SMILES string of the molecule is CC(NC(=NCC1CCS(=O)(=O)C1)NC1CC1)c1ccc2ccccc2c1.I. The molecule has 2 unspecified atom stereocenters. The number of aliphatic imine (C=N–C) groups is 1. The van der Waals surface area contributed by atoms with Gasteiger partial charge in [0, 0.05) is 12.6 Å². The van der Waals surface area contributed by atoms with Crippen LogP contribution in [0.25, 0.3) is 10.8 Å². The highest BCUT2D eigenvalue weighted by Crippen LogP contribution is 2.22. The zero-order valence-electron chi connectivity index (χ0n) is 16.1. The van der Waals surface area contributed by atoms with Crippen molar-refractivity contribution in [2.75, 3.05) is 18.1 Å². The van der Waals surface area contributed by atoms with Crippen molar-refractivity contribution >= 4 is 50.5 Å². The minimum atomic E-state index is -2.85. The molecule has 1 saturated carbocycles. The van der Waals surface area contributed by atoms with E-state index in [1.165, 1.54) is 29.2 Å². The average molecular weight is 513 g/mol. The third-order valence-electron chi connectivity index (χ3n) is 5.38. The maximum atomic E-state index is 11.7. The number of hydrogen-bond acceptors (Lipinski definition) is 3. The highest BCUT2D eigenvalue weighted by molar-refractivity contribution is 14.0. The van der Waals surface area contributed by atoms with Crippen molar-refractivity contribution in [2.45, 2.75) is 38.3 Å². The van der Waals surface area contributed by atoms with Gasteiger partial charge in [0.1, 0.15) is 0 Å². The smallest absolute Gasteiger partial charge is 0.191 e. The van der Waals surface area contributed by atoms with Gasteiger partial charge in [-0.2, -0.15) is 0 Å². The molecule has 1 saturated heterocycles. The van der Waals surface area contributed by atoms with Crippen LogP contribution < -0.4 is 10.6 Å². The molecule has 0 amide bonds. The van der Waals surface area contributed by atoms with E-state index in [-0.39, 0.29) is 41.7 Å².